The molecule has 0 aliphatic carbocycles. The molecule has 0 saturated carbocycles. The molecule has 0 aromatic heterocycles. The predicted molar refractivity (Wildman–Crippen MR) is 71.1 cm³/mol. The Morgan fingerprint density at radius 1 is 1.44 bits per heavy atom. The molecule has 1 N–H and O–H groups in total. The number of anilines is 1. The van der Waals surface area contributed by atoms with Gasteiger partial charge in [-0.25, -0.2) is 0 Å². The average molecular weight is 291 g/mol. The molecule has 1 heterocycles. The summed E-state index contributed by atoms with van der Waals surface area (Å²) in [6, 6.07) is 5.06. The normalized spacial score (nSPS) is 17.5. The summed E-state index contributed by atoms with van der Waals surface area (Å²) in [6.45, 7) is 2.62. The Morgan fingerprint density at radius 3 is 2.67 bits per heavy atom. The Bertz CT molecular complexity index is 541. The van der Waals surface area contributed by atoms with Crippen LogP contribution in [0.25, 0.3) is 0 Å². The molecule has 18 heavy (non-hydrogen) atoms. The first kappa shape index (κ1) is 13.6. The summed E-state index contributed by atoms with van der Waals surface area (Å²) in [4.78, 5) is 0. The summed E-state index contributed by atoms with van der Waals surface area (Å²) in [5, 5.41) is 0.536. The van der Waals surface area contributed by atoms with E-state index >= 15 is 0 Å². The van der Waals surface area contributed by atoms with Crippen LogP contribution in [0.4, 0.5) is 5.69 Å². The average Bonchev–Trinajstić information content (AvgIpc) is 2.21. The monoisotopic (exact) mass is 290 g/mol. The third kappa shape index (κ3) is 2.77. The molecule has 1 fully saturated rings. The van der Waals surface area contributed by atoms with Crippen molar-refractivity contribution in [2.75, 3.05) is 24.9 Å². The first-order valence-corrected chi connectivity index (χ1v) is 7.31. The topological polar surface area (TPSA) is 58.6 Å². The molecule has 0 amide bonds. The minimum absolute atomic E-state index is 0.0109. The van der Waals surface area contributed by atoms with Crippen molar-refractivity contribution in [1.29, 1.82) is 0 Å². The Balaban J connectivity index is 2.06. The lowest BCUT2D eigenvalue weighted by molar-refractivity contribution is 0.0128. The second-order valence-corrected chi connectivity index (χ2v) is 6.32. The highest BCUT2D eigenvalue weighted by Crippen LogP contribution is 2.23. The second kappa shape index (κ2) is 5.05. The Morgan fingerprint density at radius 2 is 2.11 bits per heavy atom. The largest absolute Gasteiger partial charge is 0.379 e. The standard InChI is InChI=1S/C11H15ClN2O3S/c1-8-3-4-9(5-11(8)12)13-18(15,16)14-6-10(7-14)17-2/h3-5,10,13H,6-7H2,1-2H3. The predicted octanol–water partition coefficient (Wildman–Crippen LogP) is 1.64. The summed E-state index contributed by atoms with van der Waals surface area (Å²) >= 11 is 5.95. The highest BCUT2D eigenvalue weighted by Gasteiger charge is 2.35. The molecule has 0 bridgehead atoms. The fourth-order valence-electron chi connectivity index (χ4n) is 1.62. The first-order valence-electron chi connectivity index (χ1n) is 5.49. The lowest BCUT2D eigenvalue weighted by Gasteiger charge is -2.36. The van der Waals surface area contributed by atoms with Gasteiger partial charge in [0.2, 0.25) is 0 Å². The first-order chi connectivity index (χ1) is 8.42. The van der Waals surface area contributed by atoms with Gasteiger partial charge in [0.25, 0.3) is 0 Å². The molecule has 1 aromatic carbocycles. The van der Waals surface area contributed by atoms with Crippen LogP contribution < -0.4 is 4.72 Å². The molecule has 1 saturated heterocycles. The molecule has 1 aliphatic rings. The van der Waals surface area contributed by atoms with Crippen molar-refractivity contribution in [1.82, 2.24) is 4.31 Å². The van der Waals surface area contributed by atoms with Crippen molar-refractivity contribution in [3.8, 4) is 0 Å². The lowest BCUT2D eigenvalue weighted by atomic mass is 10.2. The molecule has 7 heteroatoms. The van der Waals surface area contributed by atoms with E-state index in [0.717, 1.165) is 5.56 Å². The molecular weight excluding hydrogens is 276 g/mol. The van der Waals surface area contributed by atoms with Crippen LogP contribution in [-0.4, -0.2) is 39.0 Å². The number of nitrogens with one attached hydrogen (secondary N) is 1. The smallest absolute Gasteiger partial charge is 0.301 e. The van der Waals surface area contributed by atoms with E-state index in [4.69, 9.17) is 16.3 Å². The van der Waals surface area contributed by atoms with Crippen LogP contribution in [-0.2, 0) is 14.9 Å². The molecule has 0 unspecified atom stereocenters. The quantitative estimate of drug-likeness (QED) is 0.917. The fraction of sp³-hybridized carbons (Fsp3) is 0.455. The number of hydrogen-bond donors (Lipinski definition) is 1. The number of methoxy groups -OCH3 is 1. The molecule has 0 radical (unpaired) electrons. The minimum Gasteiger partial charge on any atom is -0.379 e. The third-order valence-corrected chi connectivity index (χ3v) is 4.79. The van der Waals surface area contributed by atoms with Crippen LogP contribution in [0.2, 0.25) is 5.02 Å². The summed E-state index contributed by atoms with van der Waals surface area (Å²) in [6.07, 6.45) is -0.0109. The van der Waals surface area contributed by atoms with Crippen molar-refractivity contribution in [3.63, 3.8) is 0 Å². The van der Waals surface area contributed by atoms with E-state index in [1.165, 1.54) is 4.31 Å². The maximum Gasteiger partial charge on any atom is 0.301 e. The zero-order valence-corrected chi connectivity index (χ0v) is 11.8. The van der Waals surface area contributed by atoms with Gasteiger partial charge < -0.3 is 4.74 Å². The fourth-order valence-corrected chi connectivity index (χ4v) is 3.08. The molecule has 2 rings (SSSR count). The molecule has 1 aliphatic heterocycles. The van der Waals surface area contributed by atoms with Crippen molar-refractivity contribution in [2.45, 2.75) is 13.0 Å². The van der Waals surface area contributed by atoms with Crippen LogP contribution in [0.5, 0.6) is 0 Å². The molecule has 1 aromatic rings. The van der Waals surface area contributed by atoms with Crippen LogP contribution in [0, 0.1) is 6.92 Å². The highest BCUT2D eigenvalue weighted by molar-refractivity contribution is 7.90. The molecular formula is C11H15ClN2O3S. The summed E-state index contributed by atoms with van der Waals surface area (Å²) in [5.41, 5.74) is 1.37. The zero-order valence-electron chi connectivity index (χ0n) is 10.2. The molecule has 100 valence electrons. The number of rotatable bonds is 4. The van der Waals surface area contributed by atoms with Gasteiger partial charge in [0.1, 0.15) is 0 Å². The van der Waals surface area contributed by atoms with Gasteiger partial charge in [0.15, 0.2) is 0 Å². The van der Waals surface area contributed by atoms with E-state index in [2.05, 4.69) is 4.72 Å². The van der Waals surface area contributed by atoms with Gasteiger partial charge >= 0.3 is 10.2 Å². The van der Waals surface area contributed by atoms with Gasteiger partial charge in [-0.1, -0.05) is 17.7 Å². The van der Waals surface area contributed by atoms with Crippen molar-refractivity contribution in [3.05, 3.63) is 28.8 Å². The Labute approximate surface area is 112 Å². The van der Waals surface area contributed by atoms with Gasteiger partial charge in [-0.2, -0.15) is 12.7 Å². The zero-order chi connectivity index (χ0) is 13.3. The van der Waals surface area contributed by atoms with E-state index in [1.54, 1.807) is 25.3 Å². The Kier molecular flexibility index (Phi) is 3.82. The number of aryl methyl sites for hydroxylation is 1. The molecule has 0 atom stereocenters. The molecule has 0 spiro atoms. The van der Waals surface area contributed by atoms with Gasteiger partial charge in [-0.05, 0) is 24.6 Å². The third-order valence-electron chi connectivity index (χ3n) is 2.91. The van der Waals surface area contributed by atoms with E-state index in [0.29, 0.717) is 23.8 Å². The van der Waals surface area contributed by atoms with Crippen LogP contribution in [0.1, 0.15) is 5.56 Å². The van der Waals surface area contributed by atoms with Gasteiger partial charge in [-0.15, -0.1) is 0 Å². The van der Waals surface area contributed by atoms with Crippen molar-refractivity contribution < 1.29 is 13.2 Å². The van der Waals surface area contributed by atoms with Crippen LogP contribution in [0.3, 0.4) is 0 Å². The summed E-state index contributed by atoms with van der Waals surface area (Å²) in [5.74, 6) is 0. The molecule has 5 nitrogen and oxygen atoms in total. The number of hydrogen-bond acceptors (Lipinski definition) is 3. The van der Waals surface area contributed by atoms with E-state index in [9.17, 15) is 8.42 Å². The summed E-state index contributed by atoms with van der Waals surface area (Å²) < 4.78 is 32.8. The number of benzene rings is 1. The number of nitrogens with zero attached hydrogens (tertiary/aromatic N) is 1. The van der Waals surface area contributed by atoms with Gasteiger partial charge in [0, 0.05) is 25.2 Å². The van der Waals surface area contributed by atoms with Crippen LogP contribution >= 0.6 is 11.6 Å². The second-order valence-electron chi connectivity index (χ2n) is 4.25. The maximum absolute atomic E-state index is 12.0. The Hall–Kier alpha value is -0.820. The maximum atomic E-state index is 12.0. The number of halogens is 1. The van der Waals surface area contributed by atoms with E-state index in [-0.39, 0.29) is 6.10 Å². The lowest BCUT2D eigenvalue weighted by Crippen LogP contribution is -2.55. The van der Waals surface area contributed by atoms with E-state index in [1.807, 2.05) is 6.92 Å². The van der Waals surface area contributed by atoms with Gasteiger partial charge in [-0.3, -0.25) is 4.72 Å². The van der Waals surface area contributed by atoms with Crippen molar-refractivity contribution in [2.24, 2.45) is 0 Å². The van der Waals surface area contributed by atoms with E-state index < -0.39 is 10.2 Å². The van der Waals surface area contributed by atoms with Gasteiger partial charge in [0.05, 0.1) is 11.8 Å². The highest BCUT2D eigenvalue weighted by atomic mass is 35.5. The number of ether oxygens (including phenoxy) is 1. The SMILES string of the molecule is COC1CN(S(=O)(=O)Nc2ccc(C)c(Cl)c2)C1. The van der Waals surface area contributed by atoms with Crippen molar-refractivity contribution >= 4 is 27.5 Å². The summed E-state index contributed by atoms with van der Waals surface area (Å²) in [7, 11) is -1.93. The minimum atomic E-state index is -3.50. The van der Waals surface area contributed by atoms with Crippen LogP contribution in [0.15, 0.2) is 18.2 Å².